The Kier molecular flexibility index (Phi) is 3.58. The summed E-state index contributed by atoms with van der Waals surface area (Å²) in [5.74, 6) is 0.850. The summed E-state index contributed by atoms with van der Waals surface area (Å²) < 4.78 is 12.0. The Morgan fingerprint density at radius 1 is 1.17 bits per heavy atom. The number of hydrogen-bond acceptors (Lipinski definition) is 4. The summed E-state index contributed by atoms with van der Waals surface area (Å²) in [6.45, 7) is 0. The standard InChI is InChI=1S/C18H17NO3S/c20-17(8-6-14-4-3-11-23-14)19-13-5-7-15-16(12-13)22-18(21-15)9-1-2-10-18/h3-8,11-12H,1-2,9-10H2,(H,19,20). The van der Waals surface area contributed by atoms with Crippen LogP contribution in [0.2, 0.25) is 0 Å². The first kappa shape index (κ1) is 14.3. The number of carbonyl (C=O) groups is 1. The Balaban J connectivity index is 1.44. The molecule has 0 saturated heterocycles. The van der Waals surface area contributed by atoms with Crippen molar-refractivity contribution < 1.29 is 14.3 Å². The Hall–Kier alpha value is -2.27. The molecule has 5 heteroatoms. The molecule has 1 amide bonds. The zero-order valence-electron chi connectivity index (χ0n) is 12.6. The van der Waals surface area contributed by atoms with E-state index in [1.54, 1.807) is 17.4 Å². The fraction of sp³-hybridized carbons (Fsp3) is 0.278. The third-order valence-electron chi connectivity index (χ3n) is 4.11. The summed E-state index contributed by atoms with van der Waals surface area (Å²) in [5, 5.41) is 4.84. The molecule has 1 N–H and O–H groups in total. The van der Waals surface area contributed by atoms with Crippen LogP contribution in [0, 0.1) is 0 Å². The molecule has 4 nitrogen and oxygen atoms in total. The molecule has 1 aliphatic heterocycles. The van der Waals surface area contributed by atoms with Crippen LogP contribution in [0.15, 0.2) is 41.8 Å². The summed E-state index contributed by atoms with van der Waals surface area (Å²) in [5.41, 5.74) is 0.711. The van der Waals surface area contributed by atoms with Gasteiger partial charge in [-0.2, -0.15) is 0 Å². The maximum atomic E-state index is 12.0. The van der Waals surface area contributed by atoms with Gasteiger partial charge in [0.1, 0.15) is 0 Å². The molecule has 23 heavy (non-hydrogen) atoms. The number of amides is 1. The lowest BCUT2D eigenvalue weighted by Gasteiger charge is -2.21. The predicted molar refractivity (Wildman–Crippen MR) is 90.9 cm³/mol. The molecule has 118 valence electrons. The Labute approximate surface area is 138 Å². The molecule has 0 unspecified atom stereocenters. The fourth-order valence-corrected chi connectivity index (χ4v) is 3.64. The maximum absolute atomic E-state index is 12.0. The lowest BCUT2D eigenvalue weighted by molar-refractivity contribution is -0.111. The zero-order chi connectivity index (χ0) is 15.7. The van der Waals surface area contributed by atoms with Gasteiger partial charge in [0.05, 0.1) is 0 Å². The van der Waals surface area contributed by atoms with Gasteiger partial charge in [-0.3, -0.25) is 4.79 Å². The molecular weight excluding hydrogens is 310 g/mol. The molecule has 4 rings (SSSR count). The van der Waals surface area contributed by atoms with Crippen molar-refractivity contribution in [2.24, 2.45) is 0 Å². The zero-order valence-corrected chi connectivity index (χ0v) is 13.4. The highest BCUT2D eigenvalue weighted by Gasteiger charge is 2.44. The molecule has 1 fully saturated rings. The second kappa shape index (κ2) is 5.74. The number of fused-ring (bicyclic) bond motifs is 1. The smallest absolute Gasteiger partial charge is 0.251 e. The molecule has 0 radical (unpaired) electrons. The number of hydrogen-bond donors (Lipinski definition) is 1. The monoisotopic (exact) mass is 327 g/mol. The number of nitrogens with one attached hydrogen (secondary N) is 1. The molecule has 2 aromatic rings. The van der Waals surface area contributed by atoms with Crippen molar-refractivity contribution in [3.05, 3.63) is 46.7 Å². The van der Waals surface area contributed by atoms with Gasteiger partial charge in [-0.15, -0.1) is 11.3 Å². The largest absolute Gasteiger partial charge is 0.448 e. The van der Waals surface area contributed by atoms with Crippen molar-refractivity contribution >= 4 is 29.0 Å². The van der Waals surface area contributed by atoms with E-state index in [4.69, 9.17) is 9.47 Å². The van der Waals surface area contributed by atoms with Gasteiger partial charge >= 0.3 is 0 Å². The number of benzene rings is 1. The topological polar surface area (TPSA) is 47.6 Å². The molecule has 2 heterocycles. The Morgan fingerprint density at radius 2 is 2.00 bits per heavy atom. The van der Waals surface area contributed by atoms with Crippen LogP contribution in [0.25, 0.3) is 6.08 Å². The minimum Gasteiger partial charge on any atom is -0.448 e. The predicted octanol–water partition coefficient (Wildman–Crippen LogP) is 4.44. The van der Waals surface area contributed by atoms with Crippen molar-refractivity contribution in [3.63, 3.8) is 0 Å². The lowest BCUT2D eigenvalue weighted by Crippen LogP contribution is -2.34. The molecule has 1 aromatic heterocycles. The maximum Gasteiger partial charge on any atom is 0.251 e. The quantitative estimate of drug-likeness (QED) is 0.848. The summed E-state index contributed by atoms with van der Waals surface area (Å²) in [7, 11) is 0. The first-order valence-corrected chi connectivity index (χ1v) is 8.65. The van der Waals surface area contributed by atoms with Crippen LogP contribution in [0.4, 0.5) is 5.69 Å². The van der Waals surface area contributed by atoms with Crippen molar-refractivity contribution in [2.75, 3.05) is 5.32 Å². The average molecular weight is 327 g/mol. The molecule has 0 atom stereocenters. The van der Waals surface area contributed by atoms with E-state index in [9.17, 15) is 4.79 Å². The summed E-state index contributed by atoms with van der Waals surface area (Å²) in [4.78, 5) is 13.0. The second-order valence-corrected chi connectivity index (χ2v) is 6.80. The normalized spacial score (nSPS) is 17.9. The van der Waals surface area contributed by atoms with Crippen LogP contribution in [-0.2, 0) is 4.79 Å². The number of thiophene rings is 1. The van der Waals surface area contributed by atoms with Crippen LogP contribution in [0.1, 0.15) is 30.6 Å². The van der Waals surface area contributed by atoms with Gasteiger partial charge < -0.3 is 14.8 Å². The van der Waals surface area contributed by atoms with E-state index in [0.717, 1.165) is 36.3 Å². The van der Waals surface area contributed by atoms with Gasteiger partial charge in [-0.05, 0) is 42.5 Å². The van der Waals surface area contributed by atoms with E-state index in [0.29, 0.717) is 11.4 Å². The first-order chi connectivity index (χ1) is 11.2. The van der Waals surface area contributed by atoms with Crippen LogP contribution in [-0.4, -0.2) is 11.7 Å². The van der Waals surface area contributed by atoms with Crippen LogP contribution >= 0.6 is 11.3 Å². The van der Waals surface area contributed by atoms with Crippen molar-refractivity contribution in [2.45, 2.75) is 31.5 Å². The highest BCUT2D eigenvalue weighted by molar-refractivity contribution is 7.10. The van der Waals surface area contributed by atoms with Crippen molar-refractivity contribution in [3.8, 4) is 11.5 Å². The third-order valence-corrected chi connectivity index (χ3v) is 4.95. The minimum absolute atomic E-state index is 0.159. The van der Waals surface area contributed by atoms with Gasteiger partial charge in [0.2, 0.25) is 5.91 Å². The lowest BCUT2D eigenvalue weighted by atomic mass is 10.2. The van der Waals surface area contributed by atoms with E-state index in [2.05, 4.69) is 5.32 Å². The Morgan fingerprint density at radius 3 is 2.78 bits per heavy atom. The highest BCUT2D eigenvalue weighted by Crippen LogP contribution is 2.47. The fourth-order valence-electron chi connectivity index (χ4n) is 3.02. The van der Waals surface area contributed by atoms with Gasteiger partial charge in [0, 0.05) is 35.5 Å². The number of carbonyl (C=O) groups excluding carboxylic acids is 1. The summed E-state index contributed by atoms with van der Waals surface area (Å²) in [6.07, 6.45) is 7.45. The SMILES string of the molecule is O=C(C=Cc1cccs1)Nc1ccc2c(c1)OC1(CCCC1)O2. The molecule has 1 saturated carbocycles. The van der Waals surface area contributed by atoms with E-state index in [1.165, 1.54) is 6.08 Å². The average Bonchev–Trinajstić information content (AvgIpc) is 3.26. The van der Waals surface area contributed by atoms with Crippen LogP contribution < -0.4 is 14.8 Å². The highest BCUT2D eigenvalue weighted by atomic mass is 32.1. The first-order valence-electron chi connectivity index (χ1n) is 7.77. The second-order valence-electron chi connectivity index (χ2n) is 5.82. The molecular formula is C18H17NO3S. The molecule has 1 spiro atoms. The van der Waals surface area contributed by atoms with Crippen LogP contribution in [0.5, 0.6) is 11.5 Å². The van der Waals surface area contributed by atoms with Gasteiger partial charge in [0.25, 0.3) is 5.79 Å². The number of ether oxygens (including phenoxy) is 2. The molecule has 0 bridgehead atoms. The molecule has 1 aliphatic carbocycles. The summed E-state index contributed by atoms with van der Waals surface area (Å²) >= 11 is 1.59. The third kappa shape index (κ3) is 2.97. The molecule has 2 aliphatic rings. The van der Waals surface area contributed by atoms with Crippen LogP contribution in [0.3, 0.4) is 0 Å². The van der Waals surface area contributed by atoms with E-state index < -0.39 is 5.79 Å². The van der Waals surface area contributed by atoms with Gasteiger partial charge in [-0.1, -0.05) is 6.07 Å². The van der Waals surface area contributed by atoms with E-state index >= 15 is 0 Å². The van der Waals surface area contributed by atoms with E-state index in [1.807, 2.05) is 35.7 Å². The molecule has 1 aromatic carbocycles. The Bertz CT molecular complexity index is 746. The number of rotatable bonds is 3. The van der Waals surface area contributed by atoms with Gasteiger partial charge in [0.15, 0.2) is 11.5 Å². The van der Waals surface area contributed by atoms with Crippen molar-refractivity contribution in [1.82, 2.24) is 0 Å². The minimum atomic E-state index is -0.468. The van der Waals surface area contributed by atoms with Crippen molar-refractivity contribution in [1.29, 1.82) is 0 Å². The number of anilines is 1. The summed E-state index contributed by atoms with van der Waals surface area (Å²) in [6, 6.07) is 9.46. The van der Waals surface area contributed by atoms with E-state index in [-0.39, 0.29) is 5.91 Å². The van der Waals surface area contributed by atoms with Gasteiger partial charge in [-0.25, -0.2) is 0 Å².